The van der Waals surface area contributed by atoms with Gasteiger partial charge in [0.15, 0.2) is 0 Å². The van der Waals surface area contributed by atoms with Crippen LogP contribution in [0.3, 0.4) is 0 Å². The summed E-state index contributed by atoms with van der Waals surface area (Å²) in [4.78, 5) is 42.9. The van der Waals surface area contributed by atoms with E-state index in [4.69, 9.17) is 0 Å². The number of pyridine rings is 1. The van der Waals surface area contributed by atoms with E-state index in [1.807, 2.05) is 79.1 Å². The predicted molar refractivity (Wildman–Crippen MR) is 155 cm³/mol. The third-order valence-electron chi connectivity index (χ3n) is 7.95. The van der Waals surface area contributed by atoms with Crippen LogP contribution in [-0.4, -0.2) is 48.1 Å². The smallest absolute Gasteiger partial charge is 0.353 e. The van der Waals surface area contributed by atoms with Gasteiger partial charge in [0.2, 0.25) is 11.5 Å². The summed E-state index contributed by atoms with van der Waals surface area (Å²) in [5, 5.41) is 15.5. The molecule has 6 rings (SSSR count). The largest absolute Gasteiger partial charge is 0.477 e. The van der Waals surface area contributed by atoms with Crippen molar-refractivity contribution in [3.05, 3.63) is 99.6 Å². The molecule has 1 fully saturated rings. The van der Waals surface area contributed by atoms with Crippen LogP contribution in [0.2, 0.25) is 0 Å². The predicted octanol–water partition coefficient (Wildman–Crippen LogP) is 4.53. The highest BCUT2D eigenvalue weighted by molar-refractivity contribution is 8.03. The van der Waals surface area contributed by atoms with Crippen LogP contribution in [0.1, 0.15) is 32.4 Å². The molecule has 4 aromatic rings. The quantitative estimate of drug-likeness (QED) is 0.386. The fourth-order valence-corrected chi connectivity index (χ4v) is 6.96. The second-order valence-corrected chi connectivity index (χ2v) is 11.9. The van der Waals surface area contributed by atoms with Crippen molar-refractivity contribution >= 4 is 40.2 Å². The minimum Gasteiger partial charge on any atom is -0.477 e. The molecule has 2 aromatic heterocycles. The van der Waals surface area contributed by atoms with Gasteiger partial charge in [-0.3, -0.25) is 9.59 Å². The van der Waals surface area contributed by atoms with Crippen LogP contribution in [0, 0.1) is 5.41 Å². The molecule has 1 N–H and O–H groups in total. The summed E-state index contributed by atoms with van der Waals surface area (Å²) in [6.45, 7) is 5.64. The van der Waals surface area contributed by atoms with Crippen molar-refractivity contribution in [3.63, 3.8) is 0 Å². The van der Waals surface area contributed by atoms with Crippen molar-refractivity contribution < 1.29 is 14.7 Å². The second kappa shape index (κ2) is 9.41. The van der Waals surface area contributed by atoms with E-state index in [9.17, 15) is 19.5 Å². The molecule has 2 aliphatic rings. The highest BCUT2D eigenvalue weighted by Gasteiger charge is 2.58. The maximum atomic E-state index is 14.2. The van der Waals surface area contributed by atoms with Gasteiger partial charge in [0, 0.05) is 35.3 Å². The van der Waals surface area contributed by atoms with Crippen LogP contribution in [0.5, 0.6) is 0 Å². The number of thioether (sulfide) groups is 1. The molecule has 10 heteroatoms. The standard InChI is InChI=1S/C30H29N5O4S/c1-18-25(28(37)38)33(17-40-18)27-26(19-8-6-5-7-9-19)34(29(39)30(27,2)3)21-10-12-23-20(14-21)15-31-35(23)22-11-13-24(36)32(4)16-22/h5-16,26-27H,17H2,1-4H3,(H,37,38)/t26-,27-/m1/s1. The molecule has 40 heavy (non-hydrogen) atoms. The monoisotopic (exact) mass is 555 g/mol. The molecule has 0 unspecified atom stereocenters. The molecule has 1 amide bonds. The van der Waals surface area contributed by atoms with Gasteiger partial charge < -0.3 is 19.5 Å². The van der Waals surface area contributed by atoms with Crippen molar-refractivity contribution in [2.45, 2.75) is 32.9 Å². The lowest BCUT2D eigenvalue weighted by atomic mass is 9.81. The first kappa shape index (κ1) is 25.9. The number of allylic oxidation sites excluding steroid dienone is 1. The summed E-state index contributed by atoms with van der Waals surface area (Å²) >= 11 is 1.49. The lowest BCUT2D eigenvalue weighted by Crippen LogP contribution is -2.46. The van der Waals surface area contributed by atoms with Gasteiger partial charge in [-0.1, -0.05) is 30.3 Å². The van der Waals surface area contributed by atoms with Crippen molar-refractivity contribution in [1.82, 2.24) is 19.2 Å². The summed E-state index contributed by atoms with van der Waals surface area (Å²) < 4.78 is 3.27. The van der Waals surface area contributed by atoms with Crippen LogP contribution in [0.25, 0.3) is 16.6 Å². The zero-order valence-electron chi connectivity index (χ0n) is 22.6. The Morgan fingerprint density at radius 2 is 1.77 bits per heavy atom. The van der Waals surface area contributed by atoms with E-state index in [0.717, 1.165) is 27.1 Å². The number of aromatic nitrogens is 3. The summed E-state index contributed by atoms with van der Waals surface area (Å²) in [5.41, 5.74) is 2.52. The van der Waals surface area contributed by atoms with Crippen molar-refractivity contribution in [2.24, 2.45) is 12.5 Å². The minimum absolute atomic E-state index is 0.0737. The number of amides is 1. The lowest BCUT2D eigenvalue weighted by molar-refractivity contribution is -0.135. The molecule has 0 aliphatic carbocycles. The third kappa shape index (κ3) is 3.93. The Morgan fingerprint density at radius 3 is 2.48 bits per heavy atom. The maximum absolute atomic E-state index is 14.2. The molecule has 0 saturated carbocycles. The molecule has 204 valence electrons. The Labute approximate surface area is 235 Å². The fourth-order valence-electron chi connectivity index (χ4n) is 5.99. The first-order valence-electron chi connectivity index (χ1n) is 13.0. The summed E-state index contributed by atoms with van der Waals surface area (Å²) in [5.74, 6) is -0.587. The number of benzene rings is 2. The molecule has 2 atom stereocenters. The molecule has 2 aromatic carbocycles. The number of carboxylic acids is 1. The Hall–Kier alpha value is -4.31. The van der Waals surface area contributed by atoms with Gasteiger partial charge in [-0.15, -0.1) is 11.8 Å². The molecular weight excluding hydrogens is 526 g/mol. The van der Waals surface area contributed by atoms with Crippen molar-refractivity contribution in [1.29, 1.82) is 0 Å². The molecule has 0 spiro atoms. The van der Waals surface area contributed by atoms with Crippen molar-refractivity contribution in [3.8, 4) is 5.69 Å². The summed E-state index contributed by atoms with van der Waals surface area (Å²) in [7, 11) is 1.70. The number of carboxylic acid groups (broad SMARTS) is 1. The van der Waals surface area contributed by atoms with Crippen LogP contribution in [-0.2, 0) is 16.6 Å². The Bertz CT molecular complexity index is 1760. The third-order valence-corrected chi connectivity index (χ3v) is 8.99. The normalized spacial score (nSPS) is 20.6. The Morgan fingerprint density at radius 1 is 1.05 bits per heavy atom. The minimum atomic E-state index is -0.983. The number of hydrogen-bond donors (Lipinski definition) is 1. The zero-order valence-corrected chi connectivity index (χ0v) is 23.4. The van der Waals surface area contributed by atoms with E-state index in [1.165, 1.54) is 22.4 Å². The van der Waals surface area contributed by atoms with E-state index in [2.05, 4.69) is 5.10 Å². The highest BCUT2D eigenvalue weighted by Crippen LogP contribution is 2.52. The molecule has 1 saturated heterocycles. The van der Waals surface area contributed by atoms with Crippen LogP contribution >= 0.6 is 11.8 Å². The number of carbonyl (C=O) groups is 2. The summed E-state index contributed by atoms with van der Waals surface area (Å²) in [6, 6.07) is 18.0. The van der Waals surface area contributed by atoms with E-state index in [0.29, 0.717) is 11.6 Å². The number of carbonyl (C=O) groups excluding carboxylic acids is 1. The SMILES string of the molecule is CC1=C(C(=O)O)N([C@@H]2[C@@H](c3ccccc3)N(c3ccc4c(cnn4-c4ccc(=O)n(C)c4)c3)C(=O)C2(C)C)CS1. The van der Waals surface area contributed by atoms with Crippen LogP contribution < -0.4 is 10.5 Å². The fraction of sp³-hybridized carbons (Fsp3) is 0.267. The van der Waals surface area contributed by atoms with Gasteiger partial charge in [0.1, 0.15) is 5.70 Å². The van der Waals surface area contributed by atoms with Gasteiger partial charge >= 0.3 is 5.97 Å². The first-order chi connectivity index (χ1) is 19.1. The van der Waals surface area contributed by atoms with Gasteiger partial charge in [0.05, 0.1) is 40.8 Å². The maximum Gasteiger partial charge on any atom is 0.353 e. The number of anilines is 1. The number of aryl methyl sites for hydroxylation is 1. The molecule has 0 radical (unpaired) electrons. The van der Waals surface area contributed by atoms with Gasteiger partial charge in [-0.05, 0) is 50.6 Å². The van der Waals surface area contributed by atoms with E-state index in [1.54, 1.807) is 30.2 Å². The molecular formula is C30H29N5O4S. The summed E-state index contributed by atoms with van der Waals surface area (Å²) in [6.07, 6.45) is 3.48. The van der Waals surface area contributed by atoms with Crippen LogP contribution in [0.4, 0.5) is 5.69 Å². The molecule has 4 heterocycles. The molecule has 9 nitrogen and oxygen atoms in total. The Balaban J connectivity index is 1.49. The number of rotatable bonds is 5. The highest BCUT2D eigenvalue weighted by atomic mass is 32.2. The van der Waals surface area contributed by atoms with E-state index in [-0.39, 0.29) is 17.2 Å². The number of aliphatic carboxylic acids is 1. The van der Waals surface area contributed by atoms with Gasteiger partial charge in [-0.25, -0.2) is 9.48 Å². The van der Waals surface area contributed by atoms with Crippen LogP contribution in [0.15, 0.2) is 88.5 Å². The average Bonchev–Trinajstić information content (AvgIpc) is 3.58. The average molecular weight is 556 g/mol. The van der Waals surface area contributed by atoms with Crippen molar-refractivity contribution in [2.75, 3.05) is 10.8 Å². The molecule has 0 bridgehead atoms. The molecule has 2 aliphatic heterocycles. The number of hydrogen-bond acceptors (Lipinski definition) is 6. The second-order valence-electron chi connectivity index (χ2n) is 10.8. The number of nitrogens with zero attached hydrogens (tertiary/aromatic N) is 5. The lowest BCUT2D eigenvalue weighted by Gasteiger charge is -2.38. The van der Waals surface area contributed by atoms with E-state index >= 15 is 0 Å². The Kier molecular flexibility index (Phi) is 6.10. The number of fused-ring (bicyclic) bond motifs is 1. The van der Waals surface area contributed by atoms with Gasteiger partial charge in [0.25, 0.3) is 0 Å². The topological polar surface area (TPSA) is 101 Å². The zero-order chi connectivity index (χ0) is 28.3. The van der Waals surface area contributed by atoms with E-state index < -0.39 is 23.5 Å². The van der Waals surface area contributed by atoms with Gasteiger partial charge in [-0.2, -0.15) is 5.10 Å². The first-order valence-corrected chi connectivity index (χ1v) is 13.9.